The van der Waals surface area contributed by atoms with Crippen LogP contribution in [0, 0.1) is 0 Å². The molecule has 0 aliphatic heterocycles. The fourth-order valence-electron chi connectivity index (χ4n) is 0.522. The summed E-state index contributed by atoms with van der Waals surface area (Å²) in [4.78, 5) is -3.68. The van der Waals surface area contributed by atoms with E-state index in [4.69, 9.17) is 5.11 Å². The van der Waals surface area contributed by atoms with Crippen molar-refractivity contribution in [2.24, 2.45) is 0 Å². The highest BCUT2D eigenvalue weighted by atomic mass is 79.9. The molecule has 0 saturated heterocycles. The van der Waals surface area contributed by atoms with Crippen molar-refractivity contribution in [2.75, 3.05) is 6.61 Å². The maximum atomic E-state index is 13.0. The molecule has 1 nitrogen and oxygen atoms in total. The zero-order chi connectivity index (χ0) is 9.12. The third-order valence-electron chi connectivity index (χ3n) is 1.27. The van der Waals surface area contributed by atoms with Crippen molar-refractivity contribution >= 4 is 15.9 Å². The molecule has 0 heterocycles. The van der Waals surface area contributed by atoms with Crippen LogP contribution in [0.25, 0.3) is 0 Å². The molecule has 0 aromatic heterocycles. The Hall–Kier alpha value is -0.0300. The van der Waals surface area contributed by atoms with E-state index in [1.807, 2.05) is 15.9 Å². The van der Waals surface area contributed by atoms with Crippen molar-refractivity contribution in [1.82, 2.24) is 0 Å². The molecule has 1 atom stereocenters. The molecular weight excluding hydrogens is 225 g/mol. The van der Waals surface area contributed by atoms with Crippen LogP contribution in [0.15, 0.2) is 12.7 Å². The molecule has 66 valence electrons. The summed E-state index contributed by atoms with van der Waals surface area (Å²) in [6.45, 7) is 2.27. The first-order valence-corrected chi connectivity index (χ1v) is 3.67. The van der Waals surface area contributed by atoms with E-state index in [9.17, 15) is 13.2 Å². The van der Waals surface area contributed by atoms with Gasteiger partial charge < -0.3 is 5.11 Å². The first-order chi connectivity index (χ1) is 4.87. The molecular formula is C6H8BrF3O. The van der Waals surface area contributed by atoms with Gasteiger partial charge in [-0.05, 0) is 22.0 Å². The van der Waals surface area contributed by atoms with Crippen LogP contribution in [0.3, 0.4) is 0 Å². The van der Waals surface area contributed by atoms with E-state index < -0.39 is 23.5 Å². The molecule has 0 spiro atoms. The molecule has 1 N–H and O–H groups in total. The van der Waals surface area contributed by atoms with E-state index in [2.05, 4.69) is 6.58 Å². The van der Waals surface area contributed by atoms with Gasteiger partial charge in [-0.3, -0.25) is 0 Å². The van der Waals surface area contributed by atoms with Gasteiger partial charge in [0.15, 0.2) is 0 Å². The van der Waals surface area contributed by atoms with Crippen molar-refractivity contribution < 1.29 is 18.3 Å². The SMILES string of the molecule is C=CC(F)(CCO)C(F)(F)Br. The molecule has 0 aliphatic rings. The molecule has 0 bridgehead atoms. The summed E-state index contributed by atoms with van der Waals surface area (Å²) in [5, 5.41) is 8.25. The maximum Gasteiger partial charge on any atom is 0.338 e. The molecule has 0 aliphatic carbocycles. The van der Waals surface area contributed by atoms with Crippen LogP contribution in [0.2, 0.25) is 0 Å². The molecule has 0 saturated carbocycles. The molecule has 0 amide bonds. The molecule has 0 radical (unpaired) electrons. The molecule has 0 rings (SSSR count). The van der Waals surface area contributed by atoms with Crippen LogP contribution in [0.1, 0.15) is 6.42 Å². The quantitative estimate of drug-likeness (QED) is 0.583. The first-order valence-electron chi connectivity index (χ1n) is 2.87. The van der Waals surface area contributed by atoms with Crippen molar-refractivity contribution in [3.63, 3.8) is 0 Å². The highest BCUT2D eigenvalue weighted by Gasteiger charge is 2.50. The largest absolute Gasteiger partial charge is 0.396 e. The highest BCUT2D eigenvalue weighted by molar-refractivity contribution is 9.10. The van der Waals surface area contributed by atoms with Crippen molar-refractivity contribution in [3.8, 4) is 0 Å². The van der Waals surface area contributed by atoms with Crippen molar-refractivity contribution in [2.45, 2.75) is 16.9 Å². The normalized spacial score (nSPS) is 17.5. The Kier molecular flexibility index (Phi) is 3.57. The van der Waals surface area contributed by atoms with Crippen LogP contribution >= 0.6 is 15.9 Å². The minimum atomic E-state index is -3.68. The van der Waals surface area contributed by atoms with Crippen LogP contribution < -0.4 is 0 Å². The minimum Gasteiger partial charge on any atom is -0.396 e. The Bertz CT molecular complexity index is 145. The molecule has 0 aromatic carbocycles. The lowest BCUT2D eigenvalue weighted by Crippen LogP contribution is -2.38. The van der Waals surface area contributed by atoms with Gasteiger partial charge in [-0.2, -0.15) is 8.78 Å². The summed E-state index contributed by atoms with van der Waals surface area (Å²) in [5.74, 6) is 0. The van der Waals surface area contributed by atoms with Gasteiger partial charge in [0.1, 0.15) is 0 Å². The van der Waals surface area contributed by atoms with Gasteiger partial charge in [0.25, 0.3) is 0 Å². The molecule has 0 aromatic rings. The van der Waals surface area contributed by atoms with Crippen LogP contribution in [-0.2, 0) is 0 Å². The molecule has 0 fully saturated rings. The van der Waals surface area contributed by atoms with Gasteiger partial charge in [-0.25, -0.2) is 4.39 Å². The summed E-state index contributed by atoms with van der Waals surface area (Å²) < 4.78 is 37.6. The van der Waals surface area contributed by atoms with Gasteiger partial charge >= 0.3 is 4.83 Å². The summed E-state index contributed by atoms with van der Waals surface area (Å²) >= 11 is 1.87. The maximum absolute atomic E-state index is 13.0. The van der Waals surface area contributed by atoms with E-state index in [0.29, 0.717) is 6.08 Å². The smallest absolute Gasteiger partial charge is 0.338 e. The number of allylic oxidation sites excluding steroid dienone is 1. The number of rotatable bonds is 4. The predicted octanol–water partition coefficient (Wildman–Crippen LogP) is 2.25. The summed E-state index contributed by atoms with van der Waals surface area (Å²) in [6.07, 6.45) is -0.188. The fourth-order valence-corrected chi connectivity index (χ4v) is 0.882. The van der Waals surface area contributed by atoms with E-state index in [0.717, 1.165) is 0 Å². The van der Waals surface area contributed by atoms with Gasteiger partial charge in [0.05, 0.1) is 0 Å². The fraction of sp³-hybridized carbons (Fsp3) is 0.667. The number of hydrogen-bond donors (Lipinski definition) is 1. The topological polar surface area (TPSA) is 20.2 Å². The average molecular weight is 233 g/mol. The van der Waals surface area contributed by atoms with E-state index in [1.54, 1.807) is 0 Å². The van der Waals surface area contributed by atoms with Gasteiger partial charge in [-0.1, -0.05) is 6.58 Å². The predicted molar refractivity (Wildman–Crippen MR) is 39.6 cm³/mol. The highest BCUT2D eigenvalue weighted by Crippen LogP contribution is 2.40. The number of aliphatic hydroxyl groups excluding tert-OH is 1. The van der Waals surface area contributed by atoms with Gasteiger partial charge in [-0.15, -0.1) is 0 Å². The van der Waals surface area contributed by atoms with Crippen molar-refractivity contribution in [1.29, 1.82) is 0 Å². The van der Waals surface area contributed by atoms with Crippen LogP contribution in [0.4, 0.5) is 13.2 Å². The zero-order valence-electron chi connectivity index (χ0n) is 5.66. The first kappa shape index (κ1) is 11.0. The lowest BCUT2D eigenvalue weighted by atomic mass is 10.0. The Morgan fingerprint density at radius 1 is 1.45 bits per heavy atom. The van der Waals surface area contributed by atoms with Gasteiger partial charge in [0, 0.05) is 13.0 Å². The second-order valence-corrected chi connectivity index (χ2v) is 3.03. The summed E-state index contributed by atoms with van der Waals surface area (Å²) in [7, 11) is 0. The lowest BCUT2D eigenvalue weighted by molar-refractivity contribution is -0.0392. The Labute approximate surface area is 71.0 Å². The van der Waals surface area contributed by atoms with E-state index in [-0.39, 0.29) is 0 Å². The van der Waals surface area contributed by atoms with E-state index in [1.165, 1.54) is 0 Å². The second-order valence-electron chi connectivity index (χ2n) is 2.04. The van der Waals surface area contributed by atoms with E-state index >= 15 is 0 Å². The molecule has 11 heavy (non-hydrogen) atoms. The zero-order valence-corrected chi connectivity index (χ0v) is 7.24. The summed E-state index contributed by atoms with van der Waals surface area (Å²) in [6, 6.07) is 0. The van der Waals surface area contributed by atoms with Gasteiger partial charge in [0.2, 0.25) is 5.67 Å². The molecule has 1 unspecified atom stereocenters. The summed E-state index contributed by atoms with van der Waals surface area (Å²) in [5.41, 5.74) is -2.87. The Morgan fingerprint density at radius 3 is 2.00 bits per heavy atom. The molecule has 5 heteroatoms. The lowest BCUT2D eigenvalue weighted by Gasteiger charge is -2.25. The monoisotopic (exact) mass is 232 g/mol. The third kappa shape index (κ3) is 2.48. The van der Waals surface area contributed by atoms with Crippen LogP contribution in [0.5, 0.6) is 0 Å². The standard InChI is InChI=1S/C6H8BrF3O/c1-2-5(8,3-4-11)6(7,9)10/h2,11H,1,3-4H2. The van der Waals surface area contributed by atoms with Crippen molar-refractivity contribution in [3.05, 3.63) is 12.7 Å². The average Bonchev–Trinajstić information content (AvgIpc) is 1.86. The minimum absolute atomic E-state index is 0.484. The number of halogens is 4. The third-order valence-corrected chi connectivity index (χ3v) is 1.93. The Morgan fingerprint density at radius 2 is 1.91 bits per heavy atom. The second kappa shape index (κ2) is 3.58. The number of hydrogen-bond acceptors (Lipinski definition) is 1. The number of aliphatic hydroxyl groups is 1. The number of alkyl halides is 4. The van der Waals surface area contributed by atoms with Crippen LogP contribution in [-0.4, -0.2) is 22.2 Å². The Balaban J connectivity index is 4.46.